The van der Waals surface area contributed by atoms with Crippen LogP contribution in [0.15, 0.2) is 48.7 Å². The molecule has 0 unspecified atom stereocenters. The monoisotopic (exact) mass is 374 g/mol. The van der Waals surface area contributed by atoms with Gasteiger partial charge in [0, 0.05) is 38.9 Å². The van der Waals surface area contributed by atoms with Crippen LogP contribution in [0.25, 0.3) is 0 Å². The zero-order valence-electron chi connectivity index (χ0n) is 14.6. The van der Waals surface area contributed by atoms with Crippen LogP contribution in [0.4, 0.5) is 5.69 Å². The molecule has 1 aromatic carbocycles. The second kappa shape index (κ2) is 7.84. The Labute approximate surface area is 153 Å². The lowest BCUT2D eigenvalue weighted by atomic mass is 10.1. The number of anilines is 1. The van der Waals surface area contributed by atoms with Crippen LogP contribution >= 0.6 is 0 Å². The van der Waals surface area contributed by atoms with Crippen molar-refractivity contribution in [2.45, 2.75) is 6.54 Å². The van der Waals surface area contributed by atoms with Crippen molar-refractivity contribution in [3.05, 3.63) is 59.9 Å². The minimum atomic E-state index is -3.44. The first-order valence-corrected chi connectivity index (χ1v) is 10.3. The number of carbonyl (C=O) groups excluding carboxylic acids is 1. The Morgan fingerprint density at radius 3 is 2.42 bits per heavy atom. The quantitative estimate of drug-likeness (QED) is 0.856. The van der Waals surface area contributed by atoms with Gasteiger partial charge in [-0.25, -0.2) is 8.42 Å². The van der Waals surface area contributed by atoms with Crippen molar-refractivity contribution in [1.82, 2.24) is 14.8 Å². The van der Waals surface area contributed by atoms with Crippen LogP contribution in [0.1, 0.15) is 16.1 Å². The van der Waals surface area contributed by atoms with Gasteiger partial charge in [-0.15, -0.1) is 0 Å². The predicted molar refractivity (Wildman–Crippen MR) is 100 cm³/mol. The van der Waals surface area contributed by atoms with Gasteiger partial charge in [0.15, 0.2) is 0 Å². The van der Waals surface area contributed by atoms with Gasteiger partial charge in [-0.3, -0.25) is 19.4 Å². The van der Waals surface area contributed by atoms with E-state index in [1.54, 1.807) is 35.4 Å². The van der Waals surface area contributed by atoms with E-state index in [1.165, 1.54) is 0 Å². The lowest BCUT2D eigenvalue weighted by molar-refractivity contribution is 0.0628. The average Bonchev–Trinajstić information content (AvgIpc) is 2.62. The molecule has 7 nitrogen and oxygen atoms in total. The van der Waals surface area contributed by atoms with Gasteiger partial charge >= 0.3 is 0 Å². The minimum absolute atomic E-state index is 0.158. The van der Waals surface area contributed by atoms with E-state index in [0.717, 1.165) is 31.6 Å². The summed E-state index contributed by atoms with van der Waals surface area (Å²) >= 11 is 0. The number of nitrogens with one attached hydrogen (secondary N) is 1. The molecule has 8 heteroatoms. The Balaban J connectivity index is 1.64. The number of carbonyl (C=O) groups is 1. The highest BCUT2D eigenvalue weighted by Gasteiger charge is 2.24. The zero-order chi connectivity index (χ0) is 18.6. The number of rotatable bonds is 5. The van der Waals surface area contributed by atoms with Crippen molar-refractivity contribution >= 4 is 21.6 Å². The van der Waals surface area contributed by atoms with E-state index in [4.69, 9.17) is 0 Å². The first kappa shape index (κ1) is 18.3. The van der Waals surface area contributed by atoms with Crippen LogP contribution < -0.4 is 4.72 Å². The fraction of sp³-hybridized carbons (Fsp3) is 0.333. The number of aromatic nitrogens is 1. The van der Waals surface area contributed by atoms with E-state index in [9.17, 15) is 13.2 Å². The molecule has 2 heterocycles. The molecule has 1 amide bonds. The van der Waals surface area contributed by atoms with E-state index >= 15 is 0 Å². The standard InChI is InChI=1S/C18H22N4O3S/c1-26(24,25)20-17-8-3-2-7-16(17)18(23)22-12-10-21(11-13-22)14-15-6-4-5-9-19-15/h2-9,20H,10-14H2,1H3. The van der Waals surface area contributed by atoms with Gasteiger partial charge in [-0.05, 0) is 24.3 Å². The second-order valence-corrected chi connectivity index (χ2v) is 8.06. The zero-order valence-corrected chi connectivity index (χ0v) is 15.4. The van der Waals surface area contributed by atoms with Crippen molar-refractivity contribution < 1.29 is 13.2 Å². The molecule has 1 aliphatic heterocycles. The van der Waals surface area contributed by atoms with E-state index < -0.39 is 10.0 Å². The highest BCUT2D eigenvalue weighted by atomic mass is 32.2. The van der Waals surface area contributed by atoms with Gasteiger partial charge in [0.1, 0.15) is 0 Å². The van der Waals surface area contributed by atoms with Gasteiger partial charge in [-0.2, -0.15) is 0 Å². The molecule has 1 N–H and O–H groups in total. The Bertz CT molecular complexity index is 863. The fourth-order valence-corrected chi connectivity index (χ4v) is 3.54. The van der Waals surface area contributed by atoms with Crippen molar-refractivity contribution in [2.75, 3.05) is 37.2 Å². The summed E-state index contributed by atoms with van der Waals surface area (Å²) in [6.07, 6.45) is 2.85. The predicted octanol–water partition coefficient (Wildman–Crippen LogP) is 1.41. The van der Waals surface area contributed by atoms with Gasteiger partial charge in [-0.1, -0.05) is 18.2 Å². The number of benzene rings is 1. The molecule has 0 bridgehead atoms. The average molecular weight is 374 g/mol. The number of amides is 1. The molecule has 1 aliphatic rings. The summed E-state index contributed by atoms with van der Waals surface area (Å²) in [7, 11) is -3.44. The normalized spacial score (nSPS) is 15.7. The van der Waals surface area contributed by atoms with Crippen LogP contribution in [-0.2, 0) is 16.6 Å². The van der Waals surface area contributed by atoms with Gasteiger partial charge in [0.25, 0.3) is 5.91 Å². The number of hydrogen-bond acceptors (Lipinski definition) is 5. The third kappa shape index (κ3) is 4.80. The summed E-state index contributed by atoms with van der Waals surface area (Å²) in [5.41, 5.74) is 1.70. The number of pyridine rings is 1. The fourth-order valence-electron chi connectivity index (χ4n) is 2.96. The lowest BCUT2D eigenvalue weighted by Gasteiger charge is -2.34. The molecule has 0 atom stereocenters. The Morgan fingerprint density at radius 1 is 1.08 bits per heavy atom. The molecule has 1 saturated heterocycles. The van der Waals surface area contributed by atoms with Crippen molar-refractivity contribution in [2.24, 2.45) is 0 Å². The van der Waals surface area contributed by atoms with Gasteiger partial charge in [0.05, 0.1) is 23.2 Å². The molecule has 1 aromatic heterocycles. The maximum Gasteiger partial charge on any atom is 0.256 e. The molecule has 0 saturated carbocycles. The van der Waals surface area contributed by atoms with E-state index in [0.29, 0.717) is 24.3 Å². The van der Waals surface area contributed by atoms with Crippen LogP contribution in [0.5, 0.6) is 0 Å². The Kier molecular flexibility index (Phi) is 5.53. The molecular formula is C18H22N4O3S. The SMILES string of the molecule is CS(=O)(=O)Nc1ccccc1C(=O)N1CCN(Cc2ccccn2)CC1. The summed E-state index contributed by atoms with van der Waals surface area (Å²) in [5, 5.41) is 0. The number of piperazine rings is 1. The number of hydrogen-bond donors (Lipinski definition) is 1. The topological polar surface area (TPSA) is 82.6 Å². The van der Waals surface area contributed by atoms with Crippen LogP contribution in [0.2, 0.25) is 0 Å². The molecule has 3 rings (SSSR count). The first-order chi connectivity index (χ1) is 12.4. The molecule has 0 aliphatic carbocycles. The highest BCUT2D eigenvalue weighted by molar-refractivity contribution is 7.92. The van der Waals surface area contributed by atoms with Gasteiger partial charge in [0.2, 0.25) is 10.0 Å². The highest BCUT2D eigenvalue weighted by Crippen LogP contribution is 2.19. The maximum absolute atomic E-state index is 12.8. The van der Waals surface area contributed by atoms with Crippen molar-refractivity contribution in [1.29, 1.82) is 0 Å². The summed E-state index contributed by atoms with van der Waals surface area (Å²) in [6, 6.07) is 12.5. The van der Waals surface area contributed by atoms with Crippen LogP contribution in [-0.4, -0.2) is 61.5 Å². The minimum Gasteiger partial charge on any atom is -0.336 e. The third-order valence-corrected chi connectivity index (χ3v) is 4.81. The molecule has 26 heavy (non-hydrogen) atoms. The Morgan fingerprint density at radius 2 is 1.77 bits per heavy atom. The summed E-state index contributed by atoms with van der Waals surface area (Å²) in [4.78, 5) is 21.2. The maximum atomic E-state index is 12.8. The molecule has 2 aromatic rings. The van der Waals surface area contributed by atoms with E-state index in [-0.39, 0.29) is 5.91 Å². The van der Waals surface area contributed by atoms with Crippen molar-refractivity contribution in [3.8, 4) is 0 Å². The van der Waals surface area contributed by atoms with Gasteiger partial charge < -0.3 is 4.90 Å². The van der Waals surface area contributed by atoms with Crippen LogP contribution in [0, 0.1) is 0 Å². The molecule has 0 radical (unpaired) electrons. The molecule has 1 fully saturated rings. The molecule has 138 valence electrons. The molecular weight excluding hydrogens is 352 g/mol. The summed E-state index contributed by atoms with van der Waals surface area (Å²) in [6.45, 7) is 3.46. The summed E-state index contributed by atoms with van der Waals surface area (Å²) in [5.74, 6) is -0.158. The number of sulfonamides is 1. The number of nitrogens with zero attached hydrogens (tertiary/aromatic N) is 3. The largest absolute Gasteiger partial charge is 0.336 e. The Hall–Kier alpha value is -2.45. The number of para-hydroxylation sites is 1. The lowest BCUT2D eigenvalue weighted by Crippen LogP contribution is -2.48. The second-order valence-electron chi connectivity index (χ2n) is 6.31. The molecule has 0 spiro atoms. The van der Waals surface area contributed by atoms with E-state index in [1.807, 2.05) is 18.2 Å². The van der Waals surface area contributed by atoms with Crippen LogP contribution in [0.3, 0.4) is 0 Å². The smallest absolute Gasteiger partial charge is 0.256 e. The summed E-state index contributed by atoms with van der Waals surface area (Å²) < 4.78 is 25.5. The van der Waals surface area contributed by atoms with Crippen molar-refractivity contribution in [3.63, 3.8) is 0 Å². The third-order valence-electron chi connectivity index (χ3n) is 4.22. The first-order valence-electron chi connectivity index (χ1n) is 8.41. The van der Waals surface area contributed by atoms with E-state index in [2.05, 4.69) is 14.6 Å².